The first-order valence-electron chi connectivity index (χ1n) is 7.10. The van der Waals surface area contributed by atoms with Gasteiger partial charge >= 0.3 is 0 Å². The van der Waals surface area contributed by atoms with Gasteiger partial charge in [-0.2, -0.15) is 0 Å². The number of carbonyl (C=O) groups excluding carboxylic acids is 2. The summed E-state index contributed by atoms with van der Waals surface area (Å²) in [6, 6.07) is 0.129. The summed E-state index contributed by atoms with van der Waals surface area (Å²) in [6.45, 7) is 9.87. The van der Waals surface area contributed by atoms with Gasteiger partial charge in [0.05, 0.1) is 0 Å². The van der Waals surface area contributed by atoms with Crippen LogP contribution >= 0.6 is 0 Å². The van der Waals surface area contributed by atoms with E-state index >= 15 is 0 Å². The minimum atomic E-state index is -0.110. The van der Waals surface area contributed by atoms with Gasteiger partial charge in [0, 0.05) is 19.9 Å². The van der Waals surface area contributed by atoms with Crippen molar-refractivity contribution in [3.63, 3.8) is 0 Å². The Balaban J connectivity index is 2.63. The molecule has 3 nitrogen and oxygen atoms in total. The van der Waals surface area contributed by atoms with Crippen molar-refractivity contribution in [2.75, 3.05) is 0 Å². The predicted octanol–water partition coefficient (Wildman–Crippen LogP) is 3.38. The number of nitrogens with zero attached hydrogens (tertiary/aromatic N) is 1. The van der Waals surface area contributed by atoms with Crippen molar-refractivity contribution in [1.29, 1.82) is 0 Å². The maximum absolute atomic E-state index is 11.5. The maximum Gasteiger partial charge on any atom is 0.226 e. The van der Waals surface area contributed by atoms with Gasteiger partial charge in [-0.05, 0) is 37.0 Å². The summed E-state index contributed by atoms with van der Waals surface area (Å²) >= 11 is 0. The summed E-state index contributed by atoms with van der Waals surface area (Å²) < 4.78 is 0. The third-order valence-corrected chi connectivity index (χ3v) is 4.76. The SMILES string of the molecule is CCC(C)(C)C1CCC(N(C(C)=O)C(C)=O)CC1. The molecule has 1 aliphatic carbocycles. The molecule has 0 aliphatic heterocycles. The normalized spacial score (nSPS) is 24.7. The summed E-state index contributed by atoms with van der Waals surface area (Å²) in [7, 11) is 0. The van der Waals surface area contributed by atoms with E-state index in [1.807, 2.05) is 0 Å². The second-order valence-electron chi connectivity index (χ2n) is 6.26. The van der Waals surface area contributed by atoms with Crippen molar-refractivity contribution in [2.24, 2.45) is 11.3 Å². The molecule has 1 aliphatic rings. The molecule has 0 aromatic carbocycles. The predicted molar refractivity (Wildman–Crippen MR) is 73.0 cm³/mol. The van der Waals surface area contributed by atoms with E-state index in [0.29, 0.717) is 5.41 Å². The number of amides is 2. The summed E-state index contributed by atoms with van der Waals surface area (Å²) in [5.74, 6) is 0.501. The Hall–Kier alpha value is -0.860. The molecule has 0 saturated heterocycles. The lowest BCUT2D eigenvalue weighted by atomic mass is 9.68. The Bertz CT molecular complexity index is 300. The van der Waals surface area contributed by atoms with Crippen LogP contribution in [0, 0.1) is 11.3 Å². The van der Waals surface area contributed by atoms with Crippen molar-refractivity contribution >= 4 is 11.8 Å². The topological polar surface area (TPSA) is 37.4 Å². The van der Waals surface area contributed by atoms with Gasteiger partial charge < -0.3 is 0 Å². The highest BCUT2D eigenvalue weighted by molar-refractivity contribution is 5.93. The number of imide groups is 1. The van der Waals surface area contributed by atoms with E-state index in [4.69, 9.17) is 0 Å². The van der Waals surface area contributed by atoms with E-state index in [-0.39, 0.29) is 17.9 Å². The van der Waals surface area contributed by atoms with Gasteiger partial charge in [0.25, 0.3) is 0 Å². The lowest BCUT2D eigenvalue weighted by Crippen LogP contribution is -2.45. The number of rotatable bonds is 3. The monoisotopic (exact) mass is 253 g/mol. The van der Waals surface area contributed by atoms with Crippen LogP contribution in [0.2, 0.25) is 0 Å². The van der Waals surface area contributed by atoms with Gasteiger partial charge in [-0.3, -0.25) is 14.5 Å². The molecule has 1 fully saturated rings. The average Bonchev–Trinajstić information content (AvgIpc) is 2.29. The first-order valence-corrected chi connectivity index (χ1v) is 7.10. The van der Waals surface area contributed by atoms with E-state index in [2.05, 4.69) is 20.8 Å². The molecule has 0 bridgehead atoms. The molecular formula is C15H27NO2. The molecule has 0 aromatic rings. The number of hydrogen-bond donors (Lipinski definition) is 0. The standard InChI is InChI=1S/C15H27NO2/c1-6-15(4,5)13-7-9-14(10-8-13)16(11(2)17)12(3)18/h13-14H,6-10H2,1-5H3. The fourth-order valence-electron chi connectivity index (χ4n) is 3.14. The van der Waals surface area contributed by atoms with Crippen molar-refractivity contribution < 1.29 is 9.59 Å². The van der Waals surface area contributed by atoms with Crippen molar-refractivity contribution in [1.82, 2.24) is 4.90 Å². The quantitative estimate of drug-likeness (QED) is 0.773. The molecule has 3 heteroatoms. The molecule has 0 spiro atoms. The van der Waals surface area contributed by atoms with Crippen molar-refractivity contribution in [2.45, 2.75) is 72.8 Å². The molecule has 0 radical (unpaired) electrons. The number of carbonyl (C=O) groups is 2. The molecule has 0 heterocycles. The zero-order chi connectivity index (χ0) is 13.9. The third kappa shape index (κ3) is 3.33. The first kappa shape index (κ1) is 15.2. The van der Waals surface area contributed by atoms with Gasteiger partial charge in [0.1, 0.15) is 0 Å². The van der Waals surface area contributed by atoms with Gasteiger partial charge in [0.2, 0.25) is 11.8 Å². The van der Waals surface area contributed by atoms with Crippen LogP contribution < -0.4 is 0 Å². The molecule has 18 heavy (non-hydrogen) atoms. The van der Waals surface area contributed by atoms with E-state index in [1.165, 1.54) is 25.2 Å². The van der Waals surface area contributed by atoms with Gasteiger partial charge in [-0.1, -0.05) is 27.2 Å². The highest BCUT2D eigenvalue weighted by Gasteiger charge is 2.35. The zero-order valence-electron chi connectivity index (χ0n) is 12.5. The molecule has 1 rings (SSSR count). The van der Waals surface area contributed by atoms with Crippen molar-refractivity contribution in [3.8, 4) is 0 Å². The summed E-state index contributed by atoms with van der Waals surface area (Å²) in [6.07, 6.45) is 5.37. The molecule has 0 atom stereocenters. The van der Waals surface area contributed by atoms with Crippen LogP contribution in [0.1, 0.15) is 66.7 Å². The Labute approximate surface area is 111 Å². The minimum absolute atomic E-state index is 0.110. The van der Waals surface area contributed by atoms with E-state index in [1.54, 1.807) is 0 Å². The van der Waals surface area contributed by atoms with Crippen LogP contribution in [0.4, 0.5) is 0 Å². The van der Waals surface area contributed by atoms with E-state index < -0.39 is 0 Å². The Kier molecular flexibility index (Phi) is 4.94. The summed E-state index contributed by atoms with van der Waals surface area (Å²) in [5.41, 5.74) is 0.377. The van der Waals surface area contributed by atoms with Crippen LogP contribution in [-0.4, -0.2) is 22.8 Å². The second-order valence-corrected chi connectivity index (χ2v) is 6.26. The highest BCUT2D eigenvalue weighted by atomic mass is 16.2. The lowest BCUT2D eigenvalue weighted by Gasteiger charge is -2.41. The largest absolute Gasteiger partial charge is 0.280 e. The Morgan fingerprint density at radius 2 is 1.50 bits per heavy atom. The molecule has 0 aromatic heterocycles. The van der Waals surface area contributed by atoms with E-state index in [0.717, 1.165) is 31.6 Å². The average molecular weight is 253 g/mol. The fraction of sp³-hybridized carbons (Fsp3) is 0.867. The van der Waals surface area contributed by atoms with Crippen LogP contribution in [0.5, 0.6) is 0 Å². The lowest BCUT2D eigenvalue weighted by molar-refractivity contribution is -0.146. The van der Waals surface area contributed by atoms with Crippen LogP contribution in [-0.2, 0) is 9.59 Å². The van der Waals surface area contributed by atoms with Crippen LogP contribution in [0.15, 0.2) is 0 Å². The fourth-order valence-corrected chi connectivity index (χ4v) is 3.14. The summed E-state index contributed by atoms with van der Waals surface area (Å²) in [5, 5.41) is 0. The number of hydrogen-bond acceptors (Lipinski definition) is 2. The molecule has 0 N–H and O–H groups in total. The molecule has 2 amide bonds. The van der Waals surface area contributed by atoms with Gasteiger partial charge in [-0.25, -0.2) is 0 Å². The van der Waals surface area contributed by atoms with Crippen LogP contribution in [0.25, 0.3) is 0 Å². The van der Waals surface area contributed by atoms with Crippen molar-refractivity contribution in [3.05, 3.63) is 0 Å². The smallest absolute Gasteiger partial charge is 0.226 e. The van der Waals surface area contributed by atoms with Gasteiger partial charge in [0.15, 0.2) is 0 Å². The Morgan fingerprint density at radius 1 is 1.06 bits per heavy atom. The molecule has 104 valence electrons. The second kappa shape index (κ2) is 5.85. The summed E-state index contributed by atoms with van der Waals surface area (Å²) in [4.78, 5) is 24.5. The highest BCUT2D eigenvalue weighted by Crippen LogP contribution is 2.41. The van der Waals surface area contributed by atoms with Gasteiger partial charge in [-0.15, -0.1) is 0 Å². The first-order chi connectivity index (χ1) is 8.29. The zero-order valence-corrected chi connectivity index (χ0v) is 12.5. The Morgan fingerprint density at radius 3 is 1.83 bits per heavy atom. The van der Waals surface area contributed by atoms with E-state index in [9.17, 15) is 9.59 Å². The molecule has 0 unspecified atom stereocenters. The molecule has 1 saturated carbocycles. The minimum Gasteiger partial charge on any atom is -0.280 e. The maximum atomic E-state index is 11.5. The third-order valence-electron chi connectivity index (χ3n) is 4.76. The molecular weight excluding hydrogens is 226 g/mol. The van der Waals surface area contributed by atoms with Crippen LogP contribution in [0.3, 0.4) is 0 Å².